The van der Waals surface area contributed by atoms with Gasteiger partial charge in [0, 0.05) is 18.7 Å². The fourth-order valence-corrected chi connectivity index (χ4v) is 4.36. The number of anilines is 1. The van der Waals surface area contributed by atoms with Crippen molar-refractivity contribution in [2.24, 2.45) is 10.9 Å². The molecule has 0 unspecified atom stereocenters. The molecule has 0 aliphatic rings. The second-order valence-corrected chi connectivity index (χ2v) is 9.20. The summed E-state index contributed by atoms with van der Waals surface area (Å²) in [6, 6.07) is 8.29. The third kappa shape index (κ3) is 7.28. The molecule has 1 aromatic carbocycles. The van der Waals surface area contributed by atoms with E-state index in [4.69, 9.17) is 5.84 Å². The number of carbonyl (C=O) groups is 1. The third-order valence-corrected chi connectivity index (χ3v) is 6.40. The largest absolute Gasteiger partial charge is 0.350 e. The second-order valence-electron chi connectivity index (χ2n) is 7.28. The Kier molecular flexibility index (Phi) is 10.1. The highest BCUT2D eigenvalue weighted by atomic mass is 32.2. The van der Waals surface area contributed by atoms with Gasteiger partial charge >= 0.3 is 0 Å². The van der Waals surface area contributed by atoms with E-state index in [9.17, 15) is 4.79 Å². The van der Waals surface area contributed by atoms with E-state index in [1.165, 1.54) is 28.7 Å². The first kappa shape index (κ1) is 24.1. The van der Waals surface area contributed by atoms with Crippen molar-refractivity contribution < 1.29 is 4.79 Å². The number of nitrogens with one attached hydrogen (secondary N) is 1. The zero-order chi connectivity index (χ0) is 21.9. The second kappa shape index (κ2) is 12.5. The molecule has 0 bridgehead atoms. The fraction of sp³-hybridized carbons (Fsp3) is 0.524. The molecule has 164 valence electrons. The van der Waals surface area contributed by atoms with Gasteiger partial charge < -0.3 is 10.7 Å². The van der Waals surface area contributed by atoms with Crippen LogP contribution in [0.3, 0.4) is 0 Å². The van der Waals surface area contributed by atoms with Gasteiger partial charge in [-0.3, -0.25) is 10.1 Å². The Morgan fingerprint density at radius 2 is 1.93 bits per heavy atom. The summed E-state index contributed by atoms with van der Waals surface area (Å²) in [5.74, 6) is 6.14. The molecule has 0 saturated carbocycles. The molecule has 2 rings (SSSR count). The normalized spacial score (nSPS) is 11.7. The van der Waals surface area contributed by atoms with Crippen LogP contribution in [0.5, 0.6) is 0 Å². The van der Waals surface area contributed by atoms with Crippen LogP contribution in [0.1, 0.15) is 58.4 Å². The van der Waals surface area contributed by atoms with Crippen LogP contribution in [0.15, 0.2) is 29.4 Å². The van der Waals surface area contributed by atoms with Crippen molar-refractivity contribution in [2.45, 2.75) is 52.9 Å². The summed E-state index contributed by atoms with van der Waals surface area (Å²) in [6.07, 6.45) is 3.17. The van der Waals surface area contributed by atoms with Gasteiger partial charge in [-0.2, -0.15) is 5.10 Å². The summed E-state index contributed by atoms with van der Waals surface area (Å²) in [5, 5.41) is 17.0. The number of thioether (sulfide) groups is 1. The number of nitrogens with two attached hydrogens (primary N) is 1. The lowest BCUT2D eigenvalue weighted by atomic mass is 10.0. The molecule has 7 nitrogen and oxygen atoms in total. The molecule has 9 heteroatoms. The molecule has 0 saturated heterocycles. The number of rotatable bonds is 10. The lowest BCUT2D eigenvalue weighted by Gasteiger charge is -2.24. The van der Waals surface area contributed by atoms with E-state index in [0.29, 0.717) is 16.2 Å². The number of carbonyl (C=O) groups excluding carboxylic acids is 1. The average Bonchev–Trinajstić information content (AvgIpc) is 3.20. The summed E-state index contributed by atoms with van der Waals surface area (Å²) in [4.78, 5) is 14.5. The smallest absolute Gasteiger partial charge is 0.236 e. The molecule has 0 spiro atoms. The number of amidine groups is 1. The zero-order valence-corrected chi connectivity index (χ0v) is 19.9. The molecular formula is C21H32N6OS2. The quantitative estimate of drug-likeness (QED) is 0.236. The van der Waals surface area contributed by atoms with Crippen LogP contribution >= 0.6 is 23.1 Å². The summed E-state index contributed by atoms with van der Waals surface area (Å²) in [6.45, 7) is 10.4. The molecule has 0 atom stereocenters. The molecule has 3 N–H and O–H groups in total. The monoisotopic (exact) mass is 448 g/mol. The van der Waals surface area contributed by atoms with Crippen LogP contribution in [0, 0.1) is 0 Å². The Balaban J connectivity index is 1.91. The Morgan fingerprint density at radius 3 is 2.53 bits per heavy atom. The van der Waals surface area contributed by atoms with Crippen molar-refractivity contribution in [3.05, 3.63) is 29.8 Å². The van der Waals surface area contributed by atoms with Crippen LogP contribution in [0.25, 0.3) is 10.6 Å². The molecule has 2 aromatic rings. The number of hydrazone groups is 1. The van der Waals surface area contributed by atoms with Crippen LogP contribution in [-0.4, -0.2) is 45.0 Å². The lowest BCUT2D eigenvalue weighted by Crippen LogP contribution is -2.32. The van der Waals surface area contributed by atoms with E-state index in [0.717, 1.165) is 42.9 Å². The summed E-state index contributed by atoms with van der Waals surface area (Å²) < 4.78 is 0. The number of hydrogen-bond donors (Lipinski definition) is 2. The number of hydrogen-bond acceptors (Lipinski definition) is 7. The Bertz CT molecular complexity index is 819. The Labute approximate surface area is 187 Å². The number of unbranched alkanes of at least 4 members (excludes halogenated alkanes) is 1. The average molecular weight is 449 g/mol. The summed E-state index contributed by atoms with van der Waals surface area (Å²) >= 11 is 2.72. The first-order chi connectivity index (χ1) is 14.5. The molecule has 1 aromatic heterocycles. The molecule has 1 heterocycles. The minimum Gasteiger partial charge on any atom is -0.350 e. The third-order valence-electron chi connectivity index (χ3n) is 4.48. The standard InChI is InChI=1S/C21H32N6OS2/c1-5-7-13-27(12-6-2)21(24-22)29-14-18(28)23-20-26-25-19(30-20)17-10-8-16(9-11-17)15(3)4/h8-11,15H,5-7,12-14,22H2,1-4H3,(H,23,26,28)/b24-21+. The van der Waals surface area contributed by atoms with E-state index in [1.54, 1.807) is 0 Å². The van der Waals surface area contributed by atoms with E-state index in [1.807, 2.05) is 12.1 Å². The van der Waals surface area contributed by atoms with Gasteiger partial charge in [0.25, 0.3) is 0 Å². The van der Waals surface area contributed by atoms with Crippen LogP contribution in [0.2, 0.25) is 0 Å². The highest BCUT2D eigenvalue weighted by Gasteiger charge is 2.15. The highest BCUT2D eigenvalue weighted by molar-refractivity contribution is 8.14. The van der Waals surface area contributed by atoms with Gasteiger partial charge in [-0.05, 0) is 24.3 Å². The number of amides is 1. The van der Waals surface area contributed by atoms with E-state index >= 15 is 0 Å². The predicted molar refractivity (Wildman–Crippen MR) is 129 cm³/mol. The van der Waals surface area contributed by atoms with Crippen molar-refractivity contribution in [3.8, 4) is 10.6 Å². The lowest BCUT2D eigenvalue weighted by molar-refractivity contribution is -0.113. The first-order valence-electron chi connectivity index (χ1n) is 10.4. The van der Waals surface area contributed by atoms with Crippen molar-refractivity contribution in [1.82, 2.24) is 15.1 Å². The van der Waals surface area contributed by atoms with Gasteiger partial charge in [-0.1, -0.05) is 81.5 Å². The van der Waals surface area contributed by atoms with Crippen LogP contribution < -0.4 is 11.2 Å². The van der Waals surface area contributed by atoms with Gasteiger partial charge in [-0.15, -0.1) is 10.2 Å². The molecule has 30 heavy (non-hydrogen) atoms. The zero-order valence-electron chi connectivity index (χ0n) is 18.2. The minimum atomic E-state index is -0.147. The highest BCUT2D eigenvalue weighted by Crippen LogP contribution is 2.27. The van der Waals surface area contributed by atoms with Gasteiger partial charge in [-0.25, -0.2) is 0 Å². The Morgan fingerprint density at radius 1 is 1.20 bits per heavy atom. The Hall–Kier alpha value is -2.13. The van der Waals surface area contributed by atoms with Gasteiger partial charge in [0.15, 0.2) is 5.17 Å². The molecule has 0 aliphatic carbocycles. The maximum Gasteiger partial charge on any atom is 0.236 e. The van der Waals surface area contributed by atoms with Gasteiger partial charge in [0.05, 0.1) is 5.75 Å². The summed E-state index contributed by atoms with van der Waals surface area (Å²) in [5.41, 5.74) is 2.28. The maximum absolute atomic E-state index is 12.4. The van der Waals surface area contributed by atoms with Gasteiger partial charge in [0.2, 0.25) is 11.0 Å². The number of nitrogens with zero attached hydrogens (tertiary/aromatic N) is 4. The van der Waals surface area contributed by atoms with Crippen LogP contribution in [0.4, 0.5) is 5.13 Å². The van der Waals surface area contributed by atoms with E-state index < -0.39 is 0 Å². The van der Waals surface area contributed by atoms with Crippen molar-refractivity contribution in [2.75, 3.05) is 24.2 Å². The summed E-state index contributed by atoms with van der Waals surface area (Å²) in [7, 11) is 0. The van der Waals surface area contributed by atoms with Crippen molar-refractivity contribution in [3.63, 3.8) is 0 Å². The number of benzene rings is 1. The molecule has 0 fully saturated rings. The van der Waals surface area contributed by atoms with E-state index in [2.05, 4.69) is 65.3 Å². The predicted octanol–water partition coefficient (Wildman–Crippen LogP) is 4.74. The topological polar surface area (TPSA) is 96.5 Å². The number of aromatic nitrogens is 2. The first-order valence-corrected chi connectivity index (χ1v) is 12.2. The van der Waals surface area contributed by atoms with E-state index in [-0.39, 0.29) is 11.7 Å². The molecular weight excluding hydrogens is 416 g/mol. The maximum atomic E-state index is 12.4. The molecule has 1 amide bonds. The van der Waals surface area contributed by atoms with Gasteiger partial charge in [0.1, 0.15) is 5.01 Å². The van der Waals surface area contributed by atoms with Crippen molar-refractivity contribution in [1.29, 1.82) is 0 Å². The van der Waals surface area contributed by atoms with Crippen LogP contribution in [-0.2, 0) is 4.79 Å². The fourth-order valence-electron chi connectivity index (χ4n) is 2.82. The van der Waals surface area contributed by atoms with Crippen molar-refractivity contribution >= 4 is 39.3 Å². The molecule has 0 aliphatic heterocycles. The SMILES string of the molecule is CCCCN(CCC)/C(=N\N)SCC(=O)Nc1nnc(-c2ccc(C(C)C)cc2)s1. The minimum absolute atomic E-state index is 0.147. The molecule has 0 radical (unpaired) electrons.